The summed E-state index contributed by atoms with van der Waals surface area (Å²) in [6.45, 7) is 2.95. The molecule has 3 nitrogen and oxygen atoms in total. The SMILES string of the molecule is CCCCCCOc1ccc(NC(=O)CCc2ccccc2)cc1. The summed E-state index contributed by atoms with van der Waals surface area (Å²) in [5, 5.41) is 2.93. The van der Waals surface area contributed by atoms with Crippen molar-refractivity contribution < 1.29 is 9.53 Å². The van der Waals surface area contributed by atoms with Crippen LogP contribution in [0.2, 0.25) is 0 Å². The fourth-order valence-corrected chi connectivity index (χ4v) is 2.48. The molecule has 2 rings (SSSR count). The predicted molar refractivity (Wildman–Crippen MR) is 99.5 cm³/mol. The summed E-state index contributed by atoms with van der Waals surface area (Å²) in [4.78, 5) is 12.0. The molecule has 128 valence electrons. The Bertz CT molecular complexity index is 593. The lowest BCUT2D eigenvalue weighted by Crippen LogP contribution is -2.12. The lowest BCUT2D eigenvalue weighted by Gasteiger charge is -2.08. The molecule has 24 heavy (non-hydrogen) atoms. The van der Waals surface area contributed by atoms with Crippen LogP contribution in [-0.2, 0) is 11.2 Å². The molecular weight excluding hydrogens is 298 g/mol. The molecule has 0 aliphatic carbocycles. The highest BCUT2D eigenvalue weighted by Crippen LogP contribution is 2.16. The van der Waals surface area contributed by atoms with E-state index in [9.17, 15) is 4.79 Å². The minimum absolute atomic E-state index is 0.0343. The second kappa shape index (κ2) is 10.5. The molecule has 0 radical (unpaired) electrons. The van der Waals surface area contributed by atoms with E-state index in [0.717, 1.165) is 30.9 Å². The van der Waals surface area contributed by atoms with E-state index in [1.165, 1.54) is 24.8 Å². The molecule has 0 spiro atoms. The Morgan fingerprint density at radius 3 is 2.42 bits per heavy atom. The summed E-state index contributed by atoms with van der Waals surface area (Å²) in [7, 11) is 0. The van der Waals surface area contributed by atoms with E-state index in [4.69, 9.17) is 4.74 Å². The quantitative estimate of drug-likeness (QED) is 0.608. The fourth-order valence-electron chi connectivity index (χ4n) is 2.48. The van der Waals surface area contributed by atoms with Gasteiger partial charge < -0.3 is 10.1 Å². The smallest absolute Gasteiger partial charge is 0.224 e. The van der Waals surface area contributed by atoms with Crippen molar-refractivity contribution in [1.29, 1.82) is 0 Å². The Hall–Kier alpha value is -2.29. The predicted octanol–water partition coefficient (Wildman–Crippen LogP) is 5.22. The molecule has 1 N–H and O–H groups in total. The normalized spacial score (nSPS) is 10.4. The highest BCUT2D eigenvalue weighted by molar-refractivity contribution is 5.90. The van der Waals surface area contributed by atoms with Crippen molar-refractivity contribution in [2.45, 2.75) is 45.4 Å². The largest absolute Gasteiger partial charge is 0.494 e. The number of benzene rings is 2. The average Bonchev–Trinajstić information content (AvgIpc) is 2.62. The van der Waals surface area contributed by atoms with Crippen LogP contribution in [0.5, 0.6) is 5.75 Å². The maximum absolute atomic E-state index is 12.0. The van der Waals surface area contributed by atoms with Crippen LogP contribution >= 0.6 is 0 Å². The summed E-state index contributed by atoms with van der Waals surface area (Å²) in [5.41, 5.74) is 1.99. The molecule has 0 unspecified atom stereocenters. The number of rotatable bonds is 10. The second-order valence-corrected chi connectivity index (χ2v) is 5.97. The summed E-state index contributed by atoms with van der Waals surface area (Å²) < 4.78 is 5.71. The molecule has 2 aromatic carbocycles. The molecule has 2 aromatic rings. The third-order valence-electron chi connectivity index (χ3n) is 3.89. The van der Waals surface area contributed by atoms with Gasteiger partial charge in [0.15, 0.2) is 0 Å². The minimum atomic E-state index is 0.0343. The first-order valence-corrected chi connectivity index (χ1v) is 8.84. The van der Waals surface area contributed by atoms with Gasteiger partial charge in [0.2, 0.25) is 5.91 Å². The van der Waals surface area contributed by atoms with Crippen LogP contribution in [0.15, 0.2) is 54.6 Å². The molecule has 0 bridgehead atoms. The van der Waals surface area contributed by atoms with Crippen molar-refractivity contribution in [1.82, 2.24) is 0 Å². The van der Waals surface area contributed by atoms with E-state index in [-0.39, 0.29) is 5.91 Å². The van der Waals surface area contributed by atoms with Crippen LogP contribution in [0, 0.1) is 0 Å². The number of carbonyl (C=O) groups is 1. The van der Waals surface area contributed by atoms with Crippen molar-refractivity contribution in [2.24, 2.45) is 0 Å². The van der Waals surface area contributed by atoms with E-state index in [0.29, 0.717) is 6.42 Å². The van der Waals surface area contributed by atoms with Gasteiger partial charge in [0.05, 0.1) is 6.61 Å². The monoisotopic (exact) mass is 325 g/mol. The zero-order chi connectivity index (χ0) is 17.0. The number of anilines is 1. The number of nitrogens with one attached hydrogen (secondary N) is 1. The van der Waals surface area contributed by atoms with E-state index >= 15 is 0 Å². The first kappa shape index (κ1) is 18.1. The Labute approximate surface area is 145 Å². The molecule has 0 aliphatic heterocycles. The summed E-state index contributed by atoms with van der Waals surface area (Å²) in [5.74, 6) is 0.890. The molecule has 1 amide bonds. The Morgan fingerprint density at radius 1 is 0.958 bits per heavy atom. The Balaban J connectivity index is 1.69. The van der Waals surface area contributed by atoms with Crippen LogP contribution in [0.25, 0.3) is 0 Å². The molecule has 0 saturated carbocycles. The summed E-state index contributed by atoms with van der Waals surface area (Å²) >= 11 is 0. The standard InChI is InChI=1S/C21H27NO2/c1-2-3-4-8-17-24-20-14-12-19(13-15-20)22-21(23)16-11-18-9-6-5-7-10-18/h5-7,9-10,12-15H,2-4,8,11,16-17H2,1H3,(H,22,23). The fraction of sp³-hybridized carbons (Fsp3) is 0.381. The molecule has 0 fully saturated rings. The lowest BCUT2D eigenvalue weighted by molar-refractivity contribution is -0.116. The first-order chi connectivity index (χ1) is 11.8. The summed E-state index contributed by atoms with van der Waals surface area (Å²) in [6, 6.07) is 17.7. The number of hydrogen-bond donors (Lipinski definition) is 1. The van der Waals surface area contributed by atoms with Crippen LogP contribution in [0.4, 0.5) is 5.69 Å². The van der Waals surface area contributed by atoms with Gasteiger partial charge >= 0.3 is 0 Å². The van der Waals surface area contributed by atoms with E-state index in [1.54, 1.807) is 0 Å². The van der Waals surface area contributed by atoms with E-state index in [1.807, 2.05) is 54.6 Å². The Kier molecular flexibility index (Phi) is 7.88. The van der Waals surface area contributed by atoms with Crippen molar-refractivity contribution in [2.75, 3.05) is 11.9 Å². The van der Waals surface area contributed by atoms with Gasteiger partial charge in [-0.15, -0.1) is 0 Å². The topological polar surface area (TPSA) is 38.3 Å². The van der Waals surface area contributed by atoms with Gasteiger partial charge in [-0.1, -0.05) is 56.5 Å². The van der Waals surface area contributed by atoms with E-state index in [2.05, 4.69) is 12.2 Å². The molecule has 0 aliphatic rings. The third-order valence-corrected chi connectivity index (χ3v) is 3.89. The lowest BCUT2D eigenvalue weighted by atomic mass is 10.1. The zero-order valence-electron chi connectivity index (χ0n) is 14.5. The molecular formula is C21H27NO2. The summed E-state index contributed by atoms with van der Waals surface area (Å²) in [6.07, 6.45) is 6.04. The molecule has 0 aromatic heterocycles. The van der Waals surface area contributed by atoms with Gasteiger partial charge in [0.25, 0.3) is 0 Å². The number of ether oxygens (including phenoxy) is 1. The van der Waals surface area contributed by atoms with Crippen molar-refractivity contribution in [3.8, 4) is 5.75 Å². The second-order valence-electron chi connectivity index (χ2n) is 5.97. The number of carbonyl (C=O) groups excluding carboxylic acids is 1. The van der Waals surface area contributed by atoms with Crippen molar-refractivity contribution in [3.05, 3.63) is 60.2 Å². The molecule has 0 heterocycles. The number of amides is 1. The van der Waals surface area contributed by atoms with Crippen LogP contribution < -0.4 is 10.1 Å². The van der Waals surface area contributed by atoms with Gasteiger partial charge in [-0.2, -0.15) is 0 Å². The highest BCUT2D eigenvalue weighted by atomic mass is 16.5. The zero-order valence-corrected chi connectivity index (χ0v) is 14.5. The van der Waals surface area contributed by atoms with Crippen molar-refractivity contribution in [3.63, 3.8) is 0 Å². The molecule has 0 atom stereocenters. The minimum Gasteiger partial charge on any atom is -0.494 e. The van der Waals surface area contributed by atoms with Crippen LogP contribution in [0.3, 0.4) is 0 Å². The number of aryl methyl sites for hydroxylation is 1. The van der Waals surface area contributed by atoms with Gasteiger partial charge in [0, 0.05) is 12.1 Å². The maximum Gasteiger partial charge on any atom is 0.224 e. The van der Waals surface area contributed by atoms with E-state index < -0.39 is 0 Å². The van der Waals surface area contributed by atoms with Gasteiger partial charge in [-0.3, -0.25) is 4.79 Å². The Morgan fingerprint density at radius 2 is 1.71 bits per heavy atom. The van der Waals surface area contributed by atoms with Crippen molar-refractivity contribution >= 4 is 11.6 Å². The number of hydrogen-bond acceptors (Lipinski definition) is 2. The number of unbranched alkanes of at least 4 members (excludes halogenated alkanes) is 3. The molecule has 0 saturated heterocycles. The van der Waals surface area contributed by atoms with Crippen LogP contribution in [0.1, 0.15) is 44.6 Å². The van der Waals surface area contributed by atoms with Gasteiger partial charge in [-0.25, -0.2) is 0 Å². The van der Waals surface area contributed by atoms with Crippen LogP contribution in [-0.4, -0.2) is 12.5 Å². The third kappa shape index (κ3) is 6.86. The maximum atomic E-state index is 12.0. The van der Waals surface area contributed by atoms with Gasteiger partial charge in [-0.05, 0) is 42.7 Å². The average molecular weight is 325 g/mol. The highest BCUT2D eigenvalue weighted by Gasteiger charge is 2.03. The molecule has 3 heteroatoms. The first-order valence-electron chi connectivity index (χ1n) is 8.84. The van der Waals surface area contributed by atoms with Gasteiger partial charge in [0.1, 0.15) is 5.75 Å².